The normalized spacial score (nSPS) is 16.0. The minimum absolute atomic E-state index is 0.0256. The van der Waals surface area contributed by atoms with Crippen molar-refractivity contribution in [1.82, 2.24) is 5.32 Å². The van der Waals surface area contributed by atoms with Crippen molar-refractivity contribution < 1.29 is 19.6 Å². The third-order valence-corrected chi connectivity index (χ3v) is 6.45. The number of benzene rings is 3. The Morgan fingerprint density at radius 2 is 1.68 bits per heavy atom. The molecular weight excluding hydrogens is 426 g/mol. The second kappa shape index (κ2) is 11.4. The van der Waals surface area contributed by atoms with Gasteiger partial charge >= 0.3 is 0 Å². The average Bonchev–Trinajstić information content (AvgIpc) is 3.67. The third kappa shape index (κ3) is 7.11. The lowest BCUT2D eigenvalue weighted by molar-refractivity contribution is -0.282. The van der Waals surface area contributed by atoms with Crippen molar-refractivity contribution in [2.75, 3.05) is 20.3 Å². The van der Waals surface area contributed by atoms with Crippen LogP contribution in [0.15, 0.2) is 66.7 Å². The Morgan fingerprint density at radius 1 is 0.971 bits per heavy atom. The van der Waals surface area contributed by atoms with E-state index < -0.39 is 6.10 Å². The molecule has 34 heavy (non-hydrogen) atoms. The Kier molecular flexibility index (Phi) is 8.35. The summed E-state index contributed by atoms with van der Waals surface area (Å²) < 4.78 is 6.22. The van der Waals surface area contributed by atoms with Gasteiger partial charge in [0.05, 0.1) is 25.9 Å². The monoisotopic (exact) mass is 463 g/mol. The van der Waals surface area contributed by atoms with Crippen LogP contribution in [0.25, 0.3) is 10.8 Å². The number of aliphatic hydroxyl groups is 1. The van der Waals surface area contributed by atoms with Gasteiger partial charge in [-0.3, -0.25) is 0 Å². The molecule has 2 atom stereocenters. The van der Waals surface area contributed by atoms with Crippen LogP contribution in [-0.4, -0.2) is 37.0 Å². The molecule has 1 fully saturated rings. The summed E-state index contributed by atoms with van der Waals surface area (Å²) in [6.45, 7) is 5.58. The Balaban J connectivity index is 1.26. The summed E-state index contributed by atoms with van der Waals surface area (Å²) >= 11 is 0. The summed E-state index contributed by atoms with van der Waals surface area (Å²) in [6.07, 6.45) is 2.69. The molecule has 0 aromatic heterocycles. The van der Waals surface area contributed by atoms with Gasteiger partial charge < -0.3 is 15.2 Å². The van der Waals surface area contributed by atoms with Crippen molar-refractivity contribution in [3.63, 3.8) is 0 Å². The molecule has 0 amide bonds. The molecule has 0 radical (unpaired) electrons. The molecule has 1 unspecified atom stereocenters. The number of fused-ring (bicyclic) bond motifs is 1. The Morgan fingerprint density at radius 3 is 2.38 bits per heavy atom. The number of nitrogens with one attached hydrogen (secondary N) is 1. The molecule has 182 valence electrons. The first-order valence-corrected chi connectivity index (χ1v) is 12.2. The van der Waals surface area contributed by atoms with Gasteiger partial charge in [0.25, 0.3) is 0 Å². The molecule has 1 aliphatic carbocycles. The van der Waals surface area contributed by atoms with Gasteiger partial charge in [0.2, 0.25) is 0 Å². The first-order valence-electron chi connectivity index (χ1n) is 12.2. The van der Waals surface area contributed by atoms with Crippen LogP contribution in [0.4, 0.5) is 0 Å². The molecule has 5 heteroatoms. The van der Waals surface area contributed by atoms with E-state index in [4.69, 9.17) is 9.62 Å². The van der Waals surface area contributed by atoms with E-state index in [1.54, 1.807) is 0 Å². The van der Waals surface area contributed by atoms with Gasteiger partial charge in [-0.25, -0.2) is 9.78 Å². The fourth-order valence-electron chi connectivity index (χ4n) is 4.42. The molecule has 5 nitrogen and oxygen atoms in total. The van der Waals surface area contributed by atoms with Crippen molar-refractivity contribution in [1.29, 1.82) is 0 Å². The van der Waals surface area contributed by atoms with Crippen LogP contribution >= 0.6 is 0 Å². The molecule has 1 aliphatic rings. The highest BCUT2D eigenvalue weighted by atomic mass is 17.2. The molecule has 1 saturated carbocycles. The summed E-state index contributed by atoms with van der Waals surface area (Å²) in [5, 5.41) is 16.7. The van der Waals surface area contributed by atoms with Crippen LogP contribution in [0, 0.1) is 5.92 Å². The molecule has 0 aliphatic heterocycles. The van der Waals surface area contributed by atoms with Crippen molar-refractivity contribution >= 4 is 10.8 Å². The minimum atomic E-state index is -0.563. The lowest BCUT2D eigenvalue weighted by atomic mass is 9.93. The summed E-state index contributed by atoms with van der Waals surface area (Å²) in [6, 6.07) is 23.3. The summed E-state index contributed by atoms with van der Waals surface area (Å²) in [5.41, 5.74) is 3.35. The van der Waals surface area contributed by atoms with Crippen LogP contribution in [0.5, 0.6) is 0 Å². The van der Waals surface area contributed by atoms with Crippen molar-refractivity contribution in [2.24, 2.45) is 5.92 Å². The fraction of sp³-hybridized carbons (Fsp3) is 0.448. The van der Waals surface area contributed by atoms with E-state index in [1.165, 1.54) is 36.3 Å². The number of rotatable bonds is 13. The van der Waals surface area contributed by atoms with Gasteiger partial charge in [-0.15, -0.1) is 0 Å². The largest absolute Gasteiger partial charge is 0.389 e. The second-order valence-electron chi connectivity index (χ2n) is 10.0. The van der Waals surface area contributed by atoms with Gasteiger partial charge in [-0.1, -0.05) is 66.7 Å². The van der Waals surface area contributed by atoms with Crippen LogP contribution < -0.4 is 5.32 Å². The summed E-state index contributed by atoms with van der Waals surface area (Å²) in [7, 11) is 1.51. The van der Waals surface area contributed by atoms with Gasteiger partial charge in [0.1, 0.15) is 6.61 Å². The number of hydrogen-bond donors (Lipinski definition) is 2. The molecule has 2 N–H and O–H groups in total. The molecule has 3 aromatic rings. The zero-order valence-electron chi connectivity index (χ0n) is 20.5. The lowest BCUT2D eigenvalue weighted by Gasteiger charge is -2.29. The van der Waals surface area contributed by atoms with E-state index in [1.807, 2.05) is 12.1 Å². The fourth-order valence-corrected chi connectivity index (χ4v) is 4.42. The smallest absolute Gasteiger partial charge is 0.107 e. The highest BCUT2D eigenvalue weighted by Gasteiger charge is 2.33. The molecule has 0 bridgehead atoms. The maximum absolute atomic E-state index is 10.6. The maximum Gasteiger partial charge on any atom is 0.107 e. The predicted octanol–water partition coefficient (Wildman–Crippen LogP) is 5.36. The van der Waals surface area contributed by atoms with E-state index in [0.29, 0.717) is 25.7 Å². The Bertz CT molecular complexity index is 1050. The number of β-amino-alcohol motifs (C(OH)–C–C–N with tert-alkyl or cyclic N) is 1. The average molecular weight is 464 g/mol. The van der Waals surface area contributed by atoms with Gasteiger partial charge in [0.15, 0.2) is 0 Å². The summed E-state index contributed by atoms with van der Waals surface area (Å²) in [4.78, 5) is 9.67. The van der Waals surface area contributed by atoms with Crippen molar-refractivity contribution in [3.8, 4) is 0 Å². The maximum atomic E-state index is 10.6. The zero-order valence-corrected chi connectivity index (χ0v) is 20.5. The molecule has 0 heterocycles. The van der Waals surface area contributed by atoms with Crippen LogP contribution in [0.3, 0.4) is 0 Å². The van der Waals surface area contributed by atoms with Crippen LogP contribution in [0.1, 0.15) is 49.5 Å². The zero-order chi connectivity index (χ0) is 24.0. The van der Waals surface area contributed by atoms with Crippen LogP contribution in [0.2, 0.25) is 0 Å². The van der Waals surface area contributed by atoms with E-state index in [2.05, 4.69) is 78.6 Å². The third-order valence-electron chi connectivity index (χ3n) is 6.45. The predicted molar refractivity (Wildman–Crippen MR) is 135 cm³/mol. The van der Waals surface area contributed by atoms with E-state index in [-0.39, 0.29) is 11.6 Å². The Hall–Kier alpha value is -2.28. The molecule has 0 saturated heterocycles. The number of aliphatic hydroxyl groups excluding tert-OH is 1. The van der Waals surface area contributed by atoms with Crippen molar-refractivity contribution in [3.05, 3.63) is 83.4 Å². The standard InChI is InChI=1S/C29H37NO4/c1-29(2,17-22-10-11-23-6-4-5-7-26(23)16-22)30-18-27(31)20-33-28(25-14-15-25)24-12-8-21(9-13-24)19-34-32-3/h4-13,16,25,27-28,30-31H,14-15,17-20H2,1-3H3/t27-,28?/m1/s1. The number of ether oxygens (including phenoxy) is 1. The molecule has 3 aromatic carbocycles. The van der Waals surface area contributed by atoms with Crippen LogP contribution in [-0.2, 0) is 27.5 Å². The first-order chi connectivity index (χ1) is 16.4. The first kappa shape index (κ1) is 24.8. The molecule has 0 spiro atoms. The minimum Gasteiger partial charge on any atom is -0.389 e. The molecule has 4 rings (SSSR count). The second-order valence-corrected chi connectivity index (χ2v) is 10.0. The Labute approximate surface area is 203 Å². The van der Waals surface area contributed by atoms with Gasteiger partial charge in [-0.05, 0) is 66.5 Å². The molecular formula is C29H37NO4. The summed E-state index contributed by atoms with van der Waals surface area (Å²) in [5.74, 6) is 0.533. The topological polar surface area (TPSA) is 60.0 Å². The van der Waals surface area contributed by atoms with Crippen molar-refractivity contribution in [2.45, 2.75) is 57.5 Å². The highest BCUT2D eigenvalue weighted by molar-refractivity contribution is 5.83. The van der Waals surface area contributed by atoms with Gasteiger partial charge in [0, 0.05) is 12.1 Å². The SMILES string of the molecule is COOCc1ccc(C(OC[C@H](O)CNC(C)(C)Cc2ccc3ccccc3c2)C2CC2)cc1. The van der Waals surface area contributed by atoms with E-state index in [0.717, 1.165) is 17.5 Å². The van der Waals surface area contributed by atoms with E-state index in [9.17, 15) is 5.11 Å². The lowest BCUT2D eigenvalue weighted by Crippen LogP contribution is -2.46. The van der Waals surface area contributed by atoms with E-state index >= 15 is 0 Å². The quantitative estimate of drug-likeness (QED) is 0.264. The number of hydrogen-bond acceptors (Lipinski definition) is 5. The van der Waals surface area contributed by atoms with Gasteiger partial charge in [-0.2, -0.15) is 0 Å². The highest BCUT2D eigenvalue weighted by Crippen LogP contribution is 2.43.